The maximum absolute atomic E-state index is 15.0. The number of ether oxygens (including phenoxy) is 1. The van der Waals surface area contributed by atoms with Crippen molar-refractivity contribution in [3.63, 3.8) is 0 Å². The van der Waals surface area contributed by atoms with Crippen molar-refractivity contribution in [2.24, 2.45) is 0 Å². The van der Waals surface area contributed by atoms with Gasteiger partial charge in [0.25, 0.3) is 5.91 Å². The first-order valence-electron chi connectivity index (χ1n) is 9.17. The molecule has 2 aliphatic rings. The van der Waals surface area contributed by atoms with E-state index in [1.54, 1.807) is 0 Å². The summed E-state index contributed by atoms with van der Waals surface area (Å²) in [5, 5.41) is 12.7. The summed E-state index contributed by atoms with van der Waals surface area (Å²) in [4.78, 5) is 12.3. The molecule has 1 aliphatic heterocycles. The Bertz CT molecular complexity index is 1080. The molecule has 1 saturated carbocycles. The molecule has 6 nitrogen and oxygen atoms in total. The van der Waals surface area contributed by atoms with Gasteiger partial charge in [-0.1, -0.05) is 22.0 Å². The van der Waals surface area contributed by atoms with Crippen molar-refractivity contribution in [1.82, 2.24) is 5.32 Å². The number of hydrogen-bond donors (Lipinski definition) is 2. The van der Waals surface area contributed by atoms with Crippen LogP contribution in [0, 0.1) is 5.82 Å². The van der Waals surface area contributed by atoms with Crippen molar-refractivity contribution in [1.29, 1.82) is 0 Å². The normalized spacial score (nSPS) is 17.0. The molecule has 1 amide bonds. The van der Waals surface area contributed by atoms with Crippen LogP contribution in [0.5, 0.6) is 5.75 Å². The highest BCUT2D eigenvalue weighted by Crippen LogP contribution is 2.42. The summed E-state index contributed by atoms with van der Waals surface area (Å²) in [7, 11) is -3.91. The molecule has 0 atom stereocenters. The molecule has 0 spiro atoms. The molecule has 0 unspecified atom stereocenters. The summed E-state index contributed by atoms with van der Waals surface area (Å²) >= 11 is 3.20. The summed E-state index contributed by atoms with van der Waals surface area (Å²) < 4.78 is 46.2. The molecular formula is C20H19BrFNO5S. The van der Waals surface area contributed by atoms with Gasteiger partial charge in [0, 0.05) is 4.47 Å². The highest BCUT2D eigenvalue weighted by Gasteiger charge is 2.32. The molecule has 29 heavy (non-hydrogen) atoms. The van der Waals surface area contributed by atoms with E-state index in [9.17, 15) is 22.7 Å². The molecular weight excluding hydrogens is 465 g/mol. The van der Waals surface area contributed by atoms with Gasteiger partial charge in [0.05, 0.1) is 30.6 Å². The van der Waals surface area contributed by atoms with Crippen LogP contribution in [0.15, 0.2) is 39.7 Å². The van der Waals surface area contributed by atoms with Gasteiger partial charge in [-0.25, -0.2) is 12.8 Å². The van der Waals surface area contributed by atoms with Crippen molar-refractivity contribution in [3.05, 3.63) is 57.3 Å². The van der Waals surface area contributed by atoms with E-state index >= 15 is 0 Å². The lowest BCUT2D eigenvalue weighted by atomic mass is 10.0. The molecule has 2 fully saturated rings. The van der Waals surface area contributed by atoms with E-state index in [1.807, 2.05) is 0 Å². The zero-order valence-corrected chi connectivity index (χ0v) is 17.7. The Hall–Kier alpha value is -1.97. The van der Waals surface area contributed by atoms with E-state index in [0.717, 1.165) is 12.8 Å². The first-order chi connectivity index (χ1) is 13.7. The number of halogens is 2. The standard InChI is InChI=1S/C20H19BrFNO5S/c21-13-3-4-17(24)18(7-13)29(26,27)10-11-5-15(12-1-2-12)19(22)16(6-11)20(25)23-14-8-28-9-14/h3-7,12,14,24H,1-2,8-10H2,(H,23,25). The lowest BCUT2D eigenvalue weighted by Crippen LogP contribution is -2.48. The van der Waals surface area contributed by atoms with Gasteiger partial charge >= 0.3 is 0 Å². The van der Waals surface area contributed by atoms with Gasteiger partial charge in [0.15, 0.2) is 9.84 Å². The zero-order chi connectivity index (χ0) is 20.8. The first kappa shape index (κ1) is 20.3. The molecule has 1 aliphatic carbocycles. The van der Waals surface area contributed by atoms with E-state index in [-0.39, 0.29) is 28.2 Å². The Morgan fingerprint density at radius 1 is 1.24 bits per heavy atom. The van der Waals surface area contributed by atoms with Crippen molar-refractivity contribution < 1.29 is 27.4 Å². The average molecular weight is 484 g/mol. The fourth-order valence-corrected chi connectivity index (χ4v) is 5.23. The van der Waals surface area contributed by atoms with Gasteiger partial charge in [-0.05, 0) is 54.2 Å². The predicted octanol–water partition coefficient (Wildman–Crippen LogP) is 3.27. The minimum absolute atomic E-state index is 0.00415. The van der Waals surface area contributed by atoms with Gasteiger partial charge in [-0.2, -0.15) is 0 Å². The minimum atomic E-state index is -3.91. The molecule has 0 aromatic heterocycles. The molecule has 9 heteroatoms. The highest BCUT2D eigenvalue weighted by molar-refractivity contribution is 9.10. The Morgan fingerprint density at radius 2 is 1.97 bits per heavy atom. The van der Waals surface area contributed by atoms with E-state index in [1.165, 1.54) is 30.3 Å². The largest absolute Gasteiger partial charge is 0.507 e. The SMILES string of the molecule is O=C(NC1COC1)c1cc(CS(=O)(=O)c2cc(Br)ccc2O)cc(C2CC2)c1F. The Labute approximate surface area is 176 Å². The van der Waals surface area contributed by atoms with E-state index < -0.39 is 27.3 Å². The van der Waals surface area contributed by atoms with Gasteiger partial charge in [-0.15, -0.1) is 0 Å². The smallest absolute Gasteiger partial charge is 0.254 e. The average Bonchev–Trinajstić information content (AvgIpc) is 3.46. The molecule has 1 heterocycles. The van der Waals surface area contributed by atoms with Crippen LogP contribution in [0.2, 0.25) is 0 Å². The van der Waals surface area contributed by atoms with Crippen LogP contribution in [-0.4, -0.2) is 38.7 Å². The van der Waals surface area contributed by atoms with Crippen LogP contribution < -0.4 is 5.32 Å². The third-order valence-corrected chi connectivity index (χ3v) is 7.21. The van der Waals surface area contributed by atoms with Gasteiger partial charge < -0.3 is 15.2 Å². The number of amides is 1. The number of phenols is 1. The summed E-state index contributed by atoms with van der Waals surface area (Å²) in [5.74, 6) is -2.00. The molecule has 0 bridgehead atoms. The van der Waals surface area contributed by atoms with Gasteiger partial charge in [0.1, 0.15) is 16.5 Å². The van der Waals surface area contributed by atoms with Crippen LogP contribution >= 0.6 is 15.9 Å². The quantitative estimate of drug-likeness (QED) is 0.657. The van der Waals surface area contributed by atoms with Gasteiger partial charge in [0.2, 0.25) is 0 Å². The number of carbonyl (C=O) groups is 1. The molecule has 2 aromatic rings. The topological polar surface area (TPSA) is 92.7 Å². The number of sulfone groups is 1. The second-order valence-electron chi connectivity index (χ2n) is 7.40. The predicted molar refractivity (Wildman–Crippen MR) is 107 cm³/mol. The number of nitrogens with one attached hydrogen (secondary N) is 1. The number of rotatable bonds is 6. The Balaban J connectivity index is 1.69. The molecule has 2 N–H and O–H groups in total. The molecule has 154 valence electrons. The maximum Gasteiger partial charge on any atom is 0.254 e. The third-order valence-electron chi connectivity index (χ3n) is 5.01. The van der Waals surface area contributed by atoms with Crippen LogP contribution in [0.25, 0.3) is 0 Å². The van der Waals surface area contributed by atoms with Crippen LogP contribution in [0.3, 0.4) is 0 Å². The lowest BCUT2D eigenvalue weighted by molar-refractivity contribution is -0.00353. The molecule has 0 radical (unpaired) electrons. The minimum Gasteiger partial charge on any atom is -0.507 e. The highest BCUT2D eigenvalue weighted by atomic mass is 79.9. The van der Waals surface area contributed by atoms with Crippen LogP contribution in [0.1, 0.15) is 40.2 Å². The Morgan fingerprint density at radius 3 is 2.59 bits per heavy atom. The second kappa shape index (κ2) is 7.70. The first-order valence-corrected chi connectivity index (χ1v) is 11.6. The number of phenolic OH excluding ortho intramolecular Hbond substituents is 1. The van der Waals surface area contributed by atoms with Gasteiger partial charge in [-0.3, -0.25) is 4.79 Å². The fourth-order valence-electron chi connectivity index (χ4n) is 3.27. The lowest BCUT2D eigenvalue weighted by Gasteiger charge is -2.27. The van der Waals surface area contributed by atoms with Crippen LogP contribution in [-0.2, 0) is 20.3 Å². The summed E-state index contributed by atoms with van der Waals surface area (Å²) in [6, 6.07) is 6.77. The van der Waals surface area contributed by atoms with Crippen molar-refractivity contribution in [2.45, 2.75) is 35.4 Å². The molecule has 1 saturated heterocycles. The van der Waals surface area contributed by atoms with Crippen molar-refractivity contribution in [2.75, 3.05) is 13.2 Å². The van der Waals surface area contributed by atoms with Crippen molar-refractivity contribution in [3.8, 4) is 5.75 Å². The summed E-state index contributed by atoms with van der Waals surface area (Å²) in [6.07, 6.45) is 1.61. The number of hydrogen-bond acceptors (Lipinski definition) is 5. The molecule has 4 rings (SSSR count). The second-order valence-corrected chi connectivity index (χ2v) is 10.3. The molecule has 2 aromatic carbocycles. The van der Waals surface area contributed by atoms with Crippen molar-refractivity contribution >= 4 is 31.7 Å². The maximum atomic E-state index is 15.0. The fraction of sp³-hybridized carbons (Fsp3) is 0.350. The van der Waals surface area contributed by atoms with E-state index in [2.05, 4.69) is 21.2 Å². The number of benzene rings is 2. The summed E-state index contributed by atoms with van der Waals surface area (Å²) in [6.45, 7) is 0.748. The van der Waals surface area contributed by atoms with Crippen LogP contribution in [0.4, 0.5) is 4.39 Å². The van der Waals surface area contributed by atoms with E-state index in [0.29, 0.717) is 28.8 Å². The monoisotopic (exact) mass is 483 g/mol. The number of aromatic hydroxyl groups is 1. The van der Waals surface area contributed by atoms with E-state index in [4.69, 9.17) is 4.74 Å². The third kappa shape index (κ3) is 4.31. The Kier molecular flexibility index (Phi) is 5.39. The summed E-state index contributed by atoms with van der Waals surface area (Å²) in [5.41, 5.74) is 0.513. The number of carbonyl (C=O) groups excluding carboxylic acids is 1. The zero-order valence-electron chi connectivity index (χ0n) is 15.3.